The van der Waals surface area contributed by atoms with Crippen molar-refractivity contribution in [2.24, 2.45) is 105 Å². The van der Waals surface area contributed by atoms with Crippen LogP contribution in [0.2, 0.25) is 0 Å². The molecule has 8 fully saturated rings. The molecule has 0 aromatic heterocycles. The minimum absolute atomic E-state index is 0.0532. The Bertz CT molecular complexity index is 1450. The normalized spacial score (nSPS) is 53.6. The molecule has 8 saturated carbocycles. The Kier molecular flexibility index (Phi) is 13.6. The lowest BCUT2D eigenvalue weighted by molar-refractivity contribution is -0.235. The van der Waals surface area contributed by atoms with Crippen LogP contribution in [0.4, 0.5) is 0 Å². The van der Waals surface area contributed by atoms with Gasteiger partial charge in [0.1, 0.15) is 0 Å². The molecule has 0 aromatic carbocycles. The van der Waals surface area contributed by atoms with Gasteiger partial charge in [0, 0.05) is 6.42 Å². The van der Waals surface area contributed by atoms with E-state index in [0.717, 1.165) is 64.2 Å². The first-order valence-electron chi connectivity index (χ1n) is 25.4. The molecule has 0 aromatic rings. The smallest absolute Gasteiger partial charge is 0.303 e. The summed E-state index contributed by atoms with van der Waals surface area (Å²) in [5.74, 6) is 5.51. The summed E-state index contributed by atoms with van der Waals surface area (Å²) in [7, 11) is 0. The Morgan fingerprint density at radius 3 is 1.61 bits per heavy atom. The van der Waals surface area contributed by atoms with Gasteiger partial charge in [0.15, 0.2) is 0 Å². The fourth-order valence-corrected chi connectivity index (χ4v) is 19.2. The van der Waals surface area contributed by atoms with Crippen LogP contribution in [-0.4, -0.2) is 67.1 Å². The molecule has 0 saturated heterocycles. The zero-order valence-electron chi connectivity index (χ0n) is 39.0. The van der Waals surface area contributed by atoms with Gasteiger partial charge in [-0.3, -0.25) is 4.79 Å². The second-order valence-corrected chi connectivity index (χ2v) is 24.1. The minimum Gasteiger partial charge on any atom is -0.481 e. The van der Waals surface area contributed by atoms with Crippen LogP contribution in [0.3, 0.4) is 0 Å². The predicted octanol–water partition coefficient (Wildman–Crippen LogP) is 10.1. The van der Waals surface area contributed by atoms with Crippen molar-refractivity contribution in [3.05, 3.63) is 0 Å². The Morgan fingerprint density at radius 2 is 1.05 bits per heavy atom. The third-order valence-corrected chi connectivity index (χ3v) is 21.8. The van der Waals surface area contributed by atoms with Crippen molar-refractivity contribution in [1.29, 1.82) is 0 Å². The summed E-state index contributed by atoms with van der Waals surface area (Å²) < 4.78 is 0. The molecule has 7 heteroatoms. The molecule has 0 aliphatic heterocycles. The maximum absolute atomic E-state index is 11.7. The molecule has 0 heterocycles. The zero-order chi connectivity index (χ0) is 43.0. The van der Waals surface area contributed by atoms with Gasteiger partial charge in [-0.05, 0) is 194 Å². The van der Waals surface area contributed by atoms with Crippen LogP contribution in [0.25, 0.3) is 0 Å². The van der Waals surface area contributed by atoms with Crippen molar-refractivity contribution >= 4 is 5.97 Å². The summed E-state index contributed by atoms with van der Waals surface area (Å²) in [5.41, 5.74) is 0.692. The monoisotopic (exact) mass is 827 g/mol. The van der Waals surface area contributed by atoms with Gasteiger partial charge in [-0.15, -0.1) is 0 Å². The van der Waals surface area contributed by atoms with E-state index in [1.807, 2.05) is 0 Å². The van der Waals surface area contributed by atoms with E-state index in [1.54, 1.807) is 0 Å². The molecule has 6 N–H and O–H groups in total. The molecule has 8 aliphatic carbocycles. The maximum Gasteiger partial charge on any atom is 0.303 e. The molecule has 8 rings (SSSR count). The van der Waals surface area contributed by atoms with Gasteiger partial charge in [-0.2, -0.15) is 0 Å². The van der Waals surface area contributed by atoms with Gasteiger partial charge in [-0.25, -0.2) is 0 Å². The molecule has 0 amide bonds. The standard InChI is InChI=1S/C26H44O4.C26H46O3/c1-5-17-21-14-16(27)10-12-26(21,4)20-11-13-25(3)18(15(2)6-9-22(28)29)7-8-19(25)23(20)24(17)30;1-6-8-15(3)18-9-10-19-22-23(21(28)14-26(18,19)5)25(4)12-11-16(27)13-20(25)17(7-2)24(22)29/h15-21,23-24,27,30H,5-14H2,1-4H3,(H,28,29);15-24,27-29H,6-14H2,1-5H3/t15-,16-,17-,18-,19?,20?,21+,23?,24-,25-,26-;15-,16-,17-,18-,19?,20+,21?,22?,23?,24-,25+,26-/m11/s1. The second kappa shape index (κ2) is 17.3. The maximum atomic E-state index is 11.7. The number of aliphatic hydroxyl groups excluding tert-OH is 5. The van der Waals surface area contributed by atoms with Gasteiger partial charge in [-0.1, -0.05) is 88.0 Å². The predicted molar refractivity (Wildman–Crippen MR) is 235 cm³/mol. The summed E-state index contributed by atoms with van der Waals surface area (Å²) in [6, 6.07) is 0. The highest BCUT2D eigenvalue weighted by atomic mass is 16.4. The third kappa shape index (κ3) is 7.55. The van der Waals surface area contributed by atoms with Gasteiger partial charge in [0.25, 0.3) is 0 Å². The highest BCUT2D eigenvalue weighted by molar-refractivity contribution is 5.66. The summed E-state index contributed by atoms with van der Waals surface area (Å²) >= 11 is 0. The average molecular weight is 827 g/mol. The Hall–Kier alpha value is -0.730. The number of carboxylic acids is 1. The van der Waals surface area contributed by atoms with E-state index in [9.17, 15) is 30.3 Å². The number of aliphatic carboxylic acids is 1. The molecule has 340 valence electrons. The van der Waals surface area contributed by atoms with E-state index < -0.39 is 5.97 Å². The molecule has 59 heavy (non-hydrogen) atoms. The van der Waals surface area contributed by atoms with Crippen molar-refractivity contribution in [2.45, 2.75) is 215 Å². The lowest BCUT2D eigenvalue weighted by Crippen LogP contribution is -2.65. The van der Waals surface area contributed by atoms with Crippen LogP contribution in [0.5, 0.6) is 0 Å². The number of rotatable bonds is 9. The fourth-order valence-electron chi connectivity index (χ4n) is 19.2. The van der Waals surface area contributed by atoms with Crippen LogP contribution < -0.4 is 0 Å². The number of carbonyl (C=O) groups is 1. The van der Waals surface area contributed by atoms with Crippen molar-refractivity contribution in [3.8, 4) is 0 Å². The van der Waals surface area contributed by atoms with Crippen LogP contribution in [0.1, 0.15) is 184 Å². The minimum atomic E-state index is -0.683. The Balaban J connectivity index is 0.000000179. The lowest BCUT2D eigenvalue weighted by Gasteiger charge is -2.66. The van der Waals surface area contributed by atoms with E-state index in [4.69, 9.17) is 5.11 Å². The van der Waals surface area contributed by atoms with Crippen LogP contribution >= 0.6 is 0 Å². The highest BCUT2D eigenvalue weighted by Gasteiger charge is 2.68. The lowest BCUT2D eigenvalue weighted by atomic mass is 9.40. The van der Waals surface area contributed by atoms with Crippen LogP contribution in [-0.2, 0) is 4.79 Å². The number of aliphatic hydroxyl groups is 5. The van der Waals surface area contributed by atoms with Gasteiger partial charge >= 0.3 is 5.97 Å². The second-order valence-electron chi connectivity index (χ2n) is 24.1. The molecule has 7 unspecified atom stereocenters. The van der Waals surface area contributed by atoms with Gasteiger partial charge in [0.2, 0.25) is 0 Å². The first-order chi connectivity index (χ1) is 27.8. The first-order valence-corrected chi connectivity index (χ1v) is 25.4. The summed E-state index contributed by atoms with van der Waals surface area (Å²) in [6.07, 6.45) is 17.9. The molecule has 8 aliphatic rings. The van der Waals surface area contributed by atoms with E-state index in [1.165, 1.54) is 51.4 Å². The first kappa shape index (κ1) is 46.3. The zero-order valence-corrected chi connectivity index (χ0v) is 39.0. The molecular weight excluding hydrogens is 737 g/mol. The number of hydrogen-bond acceptors (Lipinski definition) is 6. The molecule has 23 atom stereocenters. The largest absolute Gasteiger partial charge is 0.481 e. The van der Waals surface area contributed by atoms with Crippen molar-refractivity contribution in [2.75, 3.05) is 0 Å². The molecular formula is C52H90O7. The van der Waals surface area contributed by atoms with Crippen LogP contribution in [0, 0.1) is 105 Å². The summed E-state index contributed by atoms with van der Waals surface area (Å²) in [5, 5.41) is 65.0. The van der Waals surface area contributed by atoms with Crippen LogP contribution in [0.15, 0.2) is 0 Å². The third-order valence-electron chi connectivity index (χ3n) is 21.8. The number of carboxylic acid groups (broad SMARTS) is 1. The average Bonchev–Trinajstić information content (AvgIpc) is 3.72. The van der Waals surface area contributed by atoms with Crippen molar-refractivity contribution in [3.63, 3.8) is 0 Å². The summed E-state index contributed by atoms with van der Waals surface area (Å²) in [4.78, 5) is 11.1. The molecule has 0 bridgehead atoms. The fraction of sp³-hybridized carbons (Fsp3) is 0.981. The molecule has 7 nitrogen and oxygen atoms in total. The van der Waals surface area contributed by atoms with Gasteiger partial charge < -0.3 is 30.6 Å². The van der Waals surface area contributed by atoms with E-state index in [2.05, 4.69) is 62.3 Å². The van der Waals surface area contributed by atoms with E-state index in [-0.39, 0.29) is 76.4 Å². The topological polar surface area (TPSA) is 138 Å². The van der Waals surface area contributed by atoms with E-state index in [0.29, 0.717) is 65.1 Å². The Labute approximate surface area is 359 Å². The summed E-state index contributed by atoms with van der Waals surface area (Å²) in [6.45, 7) is 21.2. The highest BCUT2D eigenvalue weighted by Crippen LogP contribution is 2.71. The number of hydrogen-bond donors (Lipinski definition) is 6. The van der Waals surface area contributed by atoms with E-state index >= 15 is 0 Å². The van der Waals surface area contributed by atoms with Crippen molar-refractivity contribution in [1.82, 2.24) is 0 Å². The van der Waals surface area contributed by atoms with Crippen molar-refractivity contribution < 1.29 is 35.4 Å². The Morgan fingerprint density at radius 1 is 0.576 bits per heavy atom. The molecule has 0 radical (unpaired) electrons. The SMILES string of the molecule is CCC[C@@H](C)[C@H]1CCC2C3C(C(O)C[C@@]21C)[C@@]1(C)CC[C@@H](O)C[C@H]1[C@@H](CC)[C@H]3O.CC[C@H]1[C@@H](O)C2C3CC[C@H]([C@H](C)CCC(=O)O)[C@@]3(C)CCC2[C@@]2(C)CC[C@@H](O)C[C@@H]12. The van der Waals surface area contributed by atoms with Gasteiger partial charge in [0.05, 0.1) is 30.5 Å². The number of fused-ring (bicyclic) bond motifs is 10. The quantitative estimate of drug-likeness (QED) is 0.136. The molecule has 0 spiro atoms.